The smallest absolute Gasteiger partial charge is 0.359 e. The molecular weight excluding hydrogens is 238 g/mol. The molecular formula is C10H13N5O3. The summed E-state index contributed by atoms with van der Waals surface area (Å²) in [5, 5.41) is 17.5. The molecule has 0 amide bonds. The summed E-state index contributed by atoms with van der Waals surface area (Å²) in [6.45, 7) is 3.83. The fraction of sp³-hybridized carbons (Fsp3) is 0.400. The van der Waals surface area contributed by atoms with E-state index in [-0.39, 0.29) is 5.82 Å². The quantitative estimate of drug-likeness (QED) is 0.653. The molecule has 0 radical (unpaired) electrons. The molecule has 0 aromatic carbocycles. The van der Waals surface area contributed by atoms with Gasteiger partial charge in [0.1, 0.15) is 0 Å². The third-order valence-electron chi connectivity index (χ3n) is 2.58. The van der Waals surface area contributed by atoms with E-state index in [0.29, 0.717) is 23.9 Å². The Morgan fingerprint density at radius 3 is 2.83 bits per heavy atom. The molecule has 0 fully saturated rings. The van der Waals surface area contributed by atoms with E-state index < -0.39 is 4.92 Å². The fourth-order valence-corrected chi connectivity index (χ4v) is 1.59. The average Bonchev–Trinajstić information content (AvgIpc) is 2.83. The number of nitrogens with zero attached hydrogens (tertiary/aromatic N) is 4. The zero-order chi connectivity index (χ0) is 13.3. The summed E-state index contributed by atoms with van der Waals surface area (Å²) in [5.74, 6) is 1.34. The van der Waals surface area contributed by atoms with E-state index in [9.17, 15) is 10.1 Å². The first-order valence-corrected chi connectivity index (χ1v) is 5.33. The summed E-state index contributed by atoms with van der Waals surface area (Å²) in [6, 6.07) is 1.77. The van der Waals surface area contributed by atoms with Crippen LogP contribution in [-0.2, 0) is 13.6 Å². The highest BCUT2D eigenvalue weighted by molar-refractivity contribution is 5.53. The minimum absolute atomic E-state index is 0.189. The zero-order valence-electron chi connectivity index (χ0n) is 10.3. The van der Waals surface area contributed by atoms with E-state index in [2.05, 4.69) is 15.5 Å². The van der Waals surface area contributed by atoms with Gasteiger partial charge in [0.25, 0.3) is 0 Å². The minimum Gasteiger partial charge on any atom is -0.359 e. The van der Waals surface area contributed by atoms with Crippen LogP contribution in [0.4, 0.5) is 11.6 Å². The van der Waals surface area contributed by atoms with Gasteiger partial charge < -0.3 is 20.0 Å². The lowest BCUT2D eigenvalue weighted by atomic mass is 10.4. The summed E-state index contributed by atoms with van der Waals surface area (Å²) >= 11 is 0. The van der Waals surface area contributed by atoms with Crippen LogP contribution >= 0.6 is 0 Å². The maximum absolute atomic E-state index is 10.9. The highest BCUT2D eigenvalue weighted by Gasteiger charge is 2.23. The van der Waals surface area contributed by atoms with Crippen LogP contribution < -0.4 is 5.32 Å². The Balaban J connectivity index is 2.20. The predicted octanol–water partition coefficient (Wildman–Crippen LogP) is 1.55. The van der Waals surface area contributed by atoms with E-state index in [1.807, 2.05) is 6.92 Å². The van der Waals surface area contributed by atoms with Crippen LogP contribution in [0.2, 0.25) is 0 Å². The van der Waals surface area contributed by atoms with Crippen LogP contribution in [0.15, 0.2) is 10.6 Å². The second-order valence-corrected chi connectivity index (χ2v) is 3.94. The van der Waals surface area contributed by atoms with E-state index in [0.717, 1.165) is 5.69 Å². The molecule has 0 saturated heterocycles. The van der Waals surface area contributed by atoms with Gasteiger partial charge in [0.2, 0.25) is 11.6 Å². The molecule has 8 heteroatoms. The van der Waals surface area contributed by atoms with Gasteiger partial charge in [-0.05, 0) is 16.8 Å². The Morgan fingerprint density at radius 2 is 2.28 bits per heavy atom. The van der Waals surface area contributed by atoms with Gasteiger partial charge in [-0.1, -0.05) is 5.16 Å². The maximum atomic E-state index is 10.9. The summed E-state index contributed by atoms with van der Waals surface area (Å²) in [5.41, 5.74) is 0.766. The van der Waals surface area contributed by atoms with Gasteiger partial charge >= 0.3 is 5.82 Å². The molecule has 18 heavy (non-hydrogen) atoms. The Kier molecular flexibility index (Phi) is 3.00. The van der Waals surface area contributed by atoms with Gasteiger partial charge in [0, 0.05) is 20.0 Å². The molecule has 2 aromatic heterocycles. The summed E-state index contributed by atoms with van der Waals surface area (Å²) < 4.78 is 6.65. The normalized spacial score (nSPS) is 10.6. The van der Waals surface area contributed by atoms with Crippen molar-refractivity contribution < 1.29 is 9.45 Å². The molecule has 96 valence electrons. The third kappa shape index (κ3) is 2.17. The maximum Gasteiger partial charge on any atom is 0.406 e. The van der Waals surface area contributed by atoms with E-state index in [4.69, 9.17) is 4.52 Å². The Hall–Kier alpha value is -2.38. The van der Waals surface area contributed by atoms with E-state index in [1.54, 1.807) is 24.6 Å². The predicted molar refractivity (Wildman–Crippen MR) is 63.2 cm³/mol. The molecule has 0 spiro atoms. The van der Waals surface area contributed by atoms with Crippen molar-refractivity contribution in [1.82, 2.24) is 14.7 Å². The van der Waals surface area contributed by atoms with Gasteiger partial charge in [-0.3, -0.25) is 4.57 Å². The minimum atomic E-state index is -0.513. The van der Waals surface area contributed by atoms with Crippen molar-refractivity contribution in [2.24, 2.45) is 7.05 Å². The first-order chi connectivity index (χ1) is 8.49. The van der Waals surface area contributed by atoms with Crippen molar-refractivity contribution in [2.45, 2.75) is 20.4 Å². The van der Waals surface area contributed by atoms with Crippen molar-refractivity contribution in [3.63, 3.8) is 0 Å². The molecule has 8 nitrogen and oxygen atoms in total. The van der Waals surface area contributed by atoms with Crippen LogP contribution in [0.1, 0.15) is 17.3 Å². The zero-order valence-corrected chi connectivity index (χ0v) is 10.3. The second-order valence-electron chi connectivity index (χ2n) is 3.94. The van der Waals surface area contributed by atoms with Gasteiger partial charge in [-0.2, -0.15) is 0 Å². The van der Waals surface area contributed by atoms with Crippen molar-refractivity contribution in [3.05, 3.63) is 33.5 Å². The van der Waals surface area contributed by atoms with Crippen molar-refractivity contribution in [2.75, 3.05) is 5.32 Å². The fourth-order valence-electron chi connectivity index (χ4n) is 1.59. The Labute approximate surface area is 103 Å². The molecule has 0 unspecified atom stereocenters. The number of imidazole rings is 1. The van der Waals surface area contributed by atoms with Crippen LogP contribution in [0, 0.1) is 24.0 Å². The monoisotopic (exact) mass is 251 g/mol. The lowest BCUT2D eigenvalue weighted by Crippen LogP contribution is -2.05. The lowest BCUT2D eigenvalue weighted by molar-refractivity contribution is -0.388. The molecule has 0 bridgehead atoms. The van der Waals surface area contributed by atoms with Crippen LogP contribution in [-0.4, -0.2) is 19.6 Å². The highest BCUT2D eigenvalue weighted by Crippen LogP contribution is 2.24. The summed E-state index contributed by atoms with van der Waals surface area (Å²) in [7, 11) is 1.71. The molecule has 2 heterocycles. The standard InChI is InChI=1S/C10H13N5O3/c1-6-4-8(18-13-6)5-11-9-10(15(16)17)12-7(2)14(9)3/h4,11H,5H2,1-3H3. The highest BCUT2D eigenvalue weighted by atomic mass is 16.6. The molecule has 0 aliphatic carbocycles. The number of hydrogen-bond donors (Lipinski definition) is 1. The van der Waals surface area contributed by atoms with Crippen molar-refractivity contribution in [1.29, 1.82) is 0 Å². The molecule has 0 aliphatic heterocycles. The number of aromatic nitrogens is 3. The van der Waals surface area contributed by atoms with Crippen LogP contribution in [0.5, 0.6) is 0 Å². The first kappa shape index (κ1) is 12.1. The number of aryl methyl sites for hydroxylation is 2. The molecule has 0 atom stereocenters. The van der Waals surface area contributed by atoms with Crippen LogP contribution in [0.25, 0.3) is 0 Å². The number of rotatable bonds is 4. The molecule has 0 aliphatic rings. The first-order valence-electron chi connectivity index (χ1n) is 5.33. The third-order valence-corrected chi connectivity index (χ3v) is 2.58. The largest absolute Gasteiger partial charge is 0.406 e. The molecule has 2 aromatic rings. The van der Waals surface area contributed by atoms with Gasteiger partial charge in [0.05, 0.1) is 12.2 Å². The number of hydrogen-bond acceptors (Lipinski definition) is 6. The van der Waals surface area contributed by atoms with Gasteiger partial charge in [-0.25, -0.2) is 0 Å². The van der Waals surface area contributed by atoms with Gasteiger partial charge in [0.15, 0.2) is 5.76 Å². The lowest BCUT2D eigenvalue weighted by Gasteiger charge is -2.03. The number of anilines is 1. The van der Waals surface area contributed by atoms with Crippen molar-refractivity contribution >= 4 is 11.6 Å². The summed E-state index contributed by atoms with van der Waals surface area (Å²) in [6.07, 6.45) is 0. The number of nitro groups is 1. The molecule has 0 saturated carbocycles. The SMILES string of the molecule is Cc1cc(CNc2c([N+](=O)[O-])nc(C)n2C)on1. The second kappa shape index (κ2) is 4.47. The molecule has 1 N–H and O–H groups in total. The summed E-state index contributed by atoms with van der Waals surface area (Å²) in [4.78, 5) is 14.2. The Bertz CT molecular complexity index is 586. The van der Waals surface area contributed by atoms with E-state index in [1.165, 1.54) is 0 Å². The van der Waals surface area contributed by atoms with Crippen molar-refractivity contribution in [3.8, 4) is 0 Å². The average molecular weight is 251 g/mol. The number of nitrogens with one attached hydrogen (secondary N) is 1. The molecule has 2 rings (SSSR count). The van der Waals surface area contributed by atoms with Crippen LogP contribution in [0.3, 0.4) is 0 Å². The Morgan fingerprint density at radius 1 is 1.56 bits per heavy atom. The van der Waals surface area contributed by atoms with E-state index >= 15 is 0 Å². The van der Waals surface area contributed by atoms with Gasteiger partial charge in [-0.15, -0.1) is 0 Å². The topological polar surface area (TPSA) is 99.0 Å².